The molecule has 1 aromatic carbocycles. The second kappa shape index (κ2) is 4.35. The summed E-state index contributed by atoms with van der Waals surface area (Å²) in [5.74, 6) is -0.197. The molecule has 2 rings (SSSR count). The van der Waals surface area contributed by atoms with E-state index in [4.69, 9.17) is 0 Å². The average Bonchev–Trinajstić information content (AvgIpc) is 2.70. The van der Waals surface area contributed by atoms with Gasteiger partial charge < -0.3 is 5.32 Å². The van der Waals surface area contributed by atoms with Gasteiger partial charge in [-0.25, -0.2) is 4.39 Å². The Balaban J connectivity index is 2.20. The quantitative estimate of drug-likeness (QED) is 0.859. The van der Waals surface area contributed by atoms with E-state index < -0.39 is 0 Å². The van der Waals surface area contributed by atoms with E-state index in [-0.39, 0.29) is 5.82 Å². The van der Waals surface area contributed by atoms with E-state index in [1.54, 1.807) is 12.3 Å². The van der Waals surface area contributed by atoms with Crippen LogP contribution in [0.3, 0.4) is 0 Å². The van der Waals surface area contributed by atoms with Crippen LogP contribution in [0.1, 0.15) is 11.1 Å². The van der Waals surface area contributed by atoms with Crippen molar-refractivity contribution in [1.82, 2.24) is 9.78 Å². The molecule has 0 fully saturated rings. The summed E-state index contributed by atoms with van der Waals surface area (Å²) in [5.41, 5.74) is 2.99. The lowest BCUT2D eigenvalue weighted by Gasteiger charge is -2.05. The lowest BCUT2D eigenvalue weighted by molar-refractivity contribution is 0.622. The zero-order valence-corrected chi connectivity index (χ0v) is 9.37. The minimum atomic E-state index is -0.197. The van der Waals surface area contributed by atoms with Gasteiger partial charge in [-0.15, -0.1) is 0 Å². The van der Waals surface area contributed by atoms with Gasteiger partial charge in [-0.1, -0.05) is 6.07 Å². The predicted octanol–water partition coefficient (Wildman–Crippen LogP) is 2.42. The van der Waals surface area contributed by atoms with Crippen molar-refractivity contribution in [2.24, 2.45) is 0 Å². The van der Waals surface area contributed by atoms with Crippen LogP contribution in [0.4, 0.5) is 10.1 Å². The third-order valence-corrected chi connectivity index (χ3v) is 2.56. The predicted molar refractivity (Wildman–Crippen MR) is 62.0 cm³/mol. The molecule has 0 atom stereocenters. The van der Waals surface area contributed by atoms with Gasteiger partial charge in [-0.2, -0.15) is 5.10 Å². The van der Waals surface area contributed by atoms with Crippen LogP contribution in [-0.4, -0.2) is 16.8 Å². The van der Waals surface area contributed by atoms with Gasteiger partial charge in [0, 0.05) is 13.2 Å². The van der Waals surface area contributed by atoms with Gasteiger partial charge in [0.1, 0.15) is 5.82 Å². The molecular formula is C12H14FN3. The fourth-order valence-corrected chi connectivity index (χ4v) is 1.59. The molecule has 84 valence electrons. The number of hydrogen-bond acceptors (Lipinski definition) is 2. The Morgan fingerprint density at radius 3 is 2.88 bits per heavy atom. The molecule has 0 aliphatic rings. The number of rotatable bonds is 3. The zero-order valence-electron chi connectivity index (χ0n) is 9.37. The number of aromatic nitrogens is 2. The topological polar surface area (TPSA) is 29.9 Å². The van der Waals surface area contributed by atoms with Crippen molar-refractivity contribution in [3.63, 3.8) is 0 Å². The third kappa shape index (κ3) is 2.21. The molecule has 0 saturated carbocycles. The van der Waals surface area contributed by atoms with Gasteiger partial charge in [0.2, 0.25) is 0 Å². The molecule has 0 aliphatic heterocycles. The number of nitrogens with one attached hydrogen (secondary N) is 1. The molecule has 1 heterocycles. The largest absolute Gasteiger partial charge is 0.386 e. The Bertz CT molecular complexity index is 491. The first-order valence-corrected chi connectivity index (χ1v) is 5.14. The Morgan fingerprint density at radius 1 is 1.44 bits per heavy atom. The van der Waals surface area contributed by atoms with Crippen molar-refractivity contribution in [3.8, 4) is 0 Å². The first-order valence-electron chi connectivity index (χ1n) is 5.14. The summed E-state index contributed by atoms with van der Waals surface area (Å²) in [6.45, 7) is 2.56. The summed E-state index contributed by atoms with van der Waals surface area (Å²) in [4.78, 5) is 0. The third-order valence-electron chi connectivity index (χ3n) is 2.56. The van der Waals surface area contributed by atoms with E-state index in [1.807, 2.05) is 24.9 Å². The molecular weight excluding hydrogens is 205 g/mol. The van der Waals surface area contributed by atoms with Crippen molar-refractivity contribution in [2.75, 3.05) is 12.4 Å². The SMILES string of the molecule is CNc1cnn(Cc2ccc(F)cc2C)c1. The van der Waals surface area contributed by atoms with Gasteiger partial charge >= 0.3 is 0 Å². The fourth-order valence-electron chi connectivity index (χ4n) is 1.59. The van der Waals surface area contributed by atoms with E-state index >= 15 is 0 Å². The van der Waals surface area contributed by atoms with Crippen LogP contribution in [0.2, 0.25) is 0 Å². The van der Waals surface area contributed by atoms with Crippen LogP contribution in [-0.2, 0) is 6.54 Å². The fraction of sp³-hybridized carbons (Fsp3) is 0.250. The minimum absolute atomic E-state index is 0.197. The van der Waals surface area contributed by atoms with Gasteiger partial charge in [-0.05, 0) is 30.2 Å². The molecule has 3 nitrogen and oxygen atoms in total. The number of aryl methyl sites for hydroxylation is 1. The molecule has 1 N–H and O–H groups in total. The Hall–Kier alpha value is -1.84. The summed E-state index contributed by atoms with van der Waals surface area (Å²) in [6, 6.07) is 4.81. The molecule has 4 heteroatoms. The Kier molecular flexibility index (Phi) is 2.90. The smallest absolute Gasteiger partial charge is 0.123 e. The summed E-state index contributed by atoms with van der Waals surface area (Å²) < 4.78 is 14.7. The maximum Gasteiger partial charge on any atom is 0.123 e. The summed E-state index contributed by atoms with van der Waals surface area (Å²) >= 11 is 0. The maximum absolute atomic E-state index is 12.9. The number of halogens is 1. The van der Waals surface area contributed by atoms with E-state index in [2.05, 4.69) is 10.4 Å². The first kappa shape index (κ1) is 10.7. The lowest BCUT2D eigenvalue weighted by atomic mass is 10.1. The second-order valence-electron chi connectivity index (χ2n) is 3.75. The second-order valence-corrected chi connectivity index (χ2v) is 3.75. The van der Waals surface area contributed by atoms with Crippen LogP contribution in [0.25, 0.3) is 0 Å². The molecule has 0 spiro atoms. The molecule has 0 amide bonds. The molecule has 0 unspecified atom stereocenters. The standard InChI is InChI=1S/C12H14FN3/c1-9-5-11(13)4-3-10(9)7-16-8-12(14-2)6-15-16/h3-6,8,14H,7H2,1-2H3. The van der Waals surface area contributed by atoms with Crippen LogP contribution in [0.15, 0.2) is 30.6 Å². The molecule has 1 aromatic heterocycles. The van der Waals surface area contributed by atoms with Gasteiger partial charge in [0.15, 0.2) is 0 Å². The molecule has 0 bridgehead atoms. The van der Waals surface area contributed by atoms with E-state index in [0.29, 0.717) is 6.54 Å². The summed E-state index contributed by atoms with van der Waals surface area (Å²) in [5, 5.41) is 7.22. The van der Waals surface area contributed by atoms with Crippen LogP contribution >= 0.6 is 0 Å². The van der Waals surface area contributed by atoms with Crippen LogP contribution in [0, 0.1) is 12.7 Å². The molecule has 16 heavy (non-hydrogen) atoms. The highest BCUT2D eigenvalue weighted by molar-refractivity contribution is 5.37. The summed E-state index contributed by atoms with van der Waals surface area (Å²) in [6.07, 6.45) is 3.68. The van der Waals surface area contributed by atoms with Gasteiger partial charge in [0.25, 0.3) is 0 Å². The number of benzene rings is 1. The Labute approximate surface area is 93.9 Å². The molecule has 0 radical (unpaired) electrons. The van der Waals surface area contributed by atoms with Crippen molar-refractivity contribution < 1.29 is 4.39 Å². The maximum atomic E-state index is 12.9. The van der Waals surface area contributed by atoms with E-state index in [0.717, 1.165) is 16.8 Å². The van der Waals surface area contributed by atoms with E-state index in [9.17, 15) is 4.39 Å². The summed E-state index contributed by atoms with van der Waals surface area (Å²) in [7, 11) is 1.85. The van der Waals surface area contributed by atoms with E-state index in [1.165, 1.54) is 12.1 Å². The normalized spacial score (nSPS) is 10.4. The highest BCUT2D eigenvalue weighted by atomic mass is 19.1. The molecule has 0 aliphatic carbocycles. The highest BCUT2D eigenvalue weighted by Crippen LogP contribution is 2.12. The van der Waals surface area contributed by atoms with Gasteiger partial charge in [-0.3, -0.25) is 4.68 Å². The van der Waals surface area contributed by atoms with Crippen LogP contribution in [0.5, 0.6) is 0 Å². The lowest BCUT2D eigenvalue weighted by Crippen LogP contribution is -2.02. The molecule has 2 aromatic rings. The number of nitrogens with zero attached hydrogens (tertiary/aromatic N) is 2. The van der Waals surface area contributed by atoms with Crippen LogP contribution < -0.4 is 5.32 Å². The highest BCUT2D eigenvalue weighted by Gasteiger charge is 2.02. The first-order chi connectivity index (χ1) is 7.69. The Morgan fingerprint density at radius 2 is 2.25 bits per heavy atom. The zero-order chi connectivity index (χ0) is 11.5. The monoisotopic (exact) mass is 219 g/mol. The minimum Gasteiger partial charge on any atom is -0.386 e. The van der Waals surface area contributed by atoms with Crippen molar-refractivity contribution in [1.29, 1.82) is 0 Å². The molecule has 0 saturated heterocycles. The number of anilines is 1. The van der Waals surface area contributed by atoms with Gasteiger partial charge in [0.05, 0.1) is 18.4 Å². The average molecular weight is 219 g/mol. The van der Waals surface area contributed by atoms with Crippen molar-refractivity contribution in [2.45, 2.75) is 13.5 Å². The van der Waals surface area contributed by atoms with Crippen molar-refractivity contribution in [3.05, 3.63) is 47.5 Å². The number of hydrogen-bond donors (Lipinski definition) is 1. The van der Waals surface area contributed by atoms with Crippen molar-refractivity contribution >= 4 is 5.69 Å².